The summed E-state index contributed by atoms with van der Waals surface area (Å²) in [6, 6.07) is 5.74. The van der Waals surface area contributed by atoms with Crippen LogP contribution in [-0.4, -0.2) is 32.1 Å². The summed E-state index contributed by atoms with van der Waals surface area (Å²) < 4.78 is 46.9. The van der Waals surface area contributed by atoms with E-state index in [4.69, 9.17) is 10.5 Å². The molecule has 26 heavy (non-hydrogen) atoms. The molecule has 1 saturated carbocycles. The molecule has 5 nitrogen and oxygen atoms in total. The van der Waals surface area contributed by atoms with Gasteiger partial charge in [-0.05, 0) is 43.7 Å². The number of guanidine groups is 1. The SMILES string of the molecule is CCOCCC1(CN=C(N)Nc2ccccc2OC(F)(F)F)CCCC1. The monoisotopic (exact) mass is 373 g/mol. The minimum Gasteiger partial charge on any atom is -0.404 e. The van der Waals surface area contributed by atoms with Crippen LogP contribution in [0.5, 0.6) is 5.75 Å². The average Bonchev–Trinajstić information content (AvgIpc) is 3.03. The summed E-state index contributed by atoms with van der Waals surface area (Å²) >= 11 is 0. The van der Waals surface area contributed by atoms with Crippen molar-refractivity contribution in [3.63, 3.8) is 0 Å². The van der Waals surface area contributed by atoms with E-state index < -0.39 is 6.36 Å². The molecule has 0 heterocycles. The van der Waals surface area contributed by atoms with E-state index in [1.165, 1.54) is 18.2 Å². The first-order chi connectivity index (χ1) is 12.3. The van der Waals surface area contributed by atoms with E-state index in [0.29, 0.717) is 19.8 Å². The molecule has 0 atom stereocenters. The van der Waals surface area contributed by atoms with Crippen LogP contribution in [0.1, 0.15) is 39.0 Å². The number of nitrogens with zero attached hydrogens (tertiary/aromatic N) is 1. The van der Waals surface area contributed by atoms with E-state index in [1.54, 1.807) is 6.07 Å². The number of aliphatic imine (C=N–C) groups is 1. The Labute approximate surface area is 151 Å². The molecule has 3 N–H and O–H groups in total. The Hall–Kier alpha value is -1.96. The zero-order valence-corrected chi connectivity index (χ0v) is 14.9. The van der Waals surface area contributed by atoms with Crippen molar-refractivity contribution >= 4 is 11.6 Å². The van der Waals surface area contributed by atoms with Gasteiger partial charge in [-0.25, -0.2) is 0 Å². The number of nitrogens with one attached hydrogen (secondary N) is 1. The number of hydrogen-bond donors (Lipinski definition) is 2. The van der Waals surface area contributed by atoms with Crippen molar-refractivity contribution in [2.75, 3.05) is 25.1 Å². The third kappa shape index (κ3) is 6.40. The van der Waals surface area contributed by atoms with Gasteiger partial charge in [-0.15, -0.1) is 13.2 Å². The first-order valence-corrected chi connectivity index (χ1v) is 8.83. The molecule has 0 bridgehead atoms. The van der Waals surface area contributed by atoms with Gasteiger partial charge in [0.2, 0.25) is 0 Å². The van der Waals surface area contributed by atoms with Gasteiger partial charge in [-0.1, -0.05) is 25.0 Å². The fourth-order valence-corrected chi connectivity index (χ4v) is 3.26. The van der Waals surface area contributed by atoms with Gasteiger partial charge in [-0.2, -0.15) is 0 Å². The van der Waals surface area contributed by atoms with Crippen molar-refractivity contribution in [3.8, 4) is 5.75 Å². The third-order valence-electron chi connectivity index (χ3n) is 4.61. The van der Waals surface area contributed by atoms with E-state index in [2.05, 4.69) is 15.0 Å². The van der Waals surface area contributed by atoms with Gasteiger partial charge in [0.25, 0.3) is 0 Å². The zero-order chi connectivity index (χ0) is 19.0. The molecular weight excluding hydrogens is 347 g/mol. The summed E-state index contributed by atoms with van der Waals surface area (Å²) in [5.41, 5.74) is 6.09. The van der Waals surface area contributed by atoms with Crippen molar-refractivity contribution in [1.82, 2.24) is 0 Å². The summed E-state index contributed by atoms with van der Waals surface area (Å²) in [5.74, 6) is -0.268. The topological polar surface area (TPSA) is 68.9 Å². The number of para-hydroxylation sites is 2. The molecule has 8 heteroatoms. The molecule has 1 aliphatic rings. The molecule has 1 aromatic carbocycles. The molecule has 0 unspecified atom stereocenters. The predicted octanol–water partition coefficient (Wildman–Crippen LogP) is 4.30. The van der Waals surface area contributed by atoms with E-state index in [9.17, 15) is 13.2 Å². The number of anilines is 1. The minimum absolute atomic E-state index is 0.0590. The van der Waals surface area contributed by atoms with Gasteiger partial charge in [0, 0.05) is 19.8 Å². The molecule has 1 aliphatic carbocycles. The summed E-state index contributed by atoms with van der Waals surface area (Å²) in [5, 5.41) is 2.71. The maximum absolute atomic E-state index is 12.5. The van der Waals surface area contributed by atoms with Crippen LogP contribution in [0, 0.1) is 5.41 Å². The molecule has 0 saturated heterocycles. The van der Waals surface area contributed by atoms with Crippen LogP contribution < -0.4 is 15.8 Å². The van der Waals surface area contributed by atoms with Gasteiger partial charge in [-0.3, -0.25) is 4.99 Å². The van der Waals surface area contributed by atoms with Crippen molar-refractivity contribution in [1.29, 1.82) is 0 Å². The van der Waals surface area contributed by atoms with Gasteiger partial charge < -0.3 is 20.5 Å². The second-order valence-electron chi connectivity index (χ2n) is 6.52. The first-order valence-electron chi connectivity index (χ1n) is 8.83. The molecule has 1 fully saturated rings. The second kappa shape index (κ2) is 9.12. The van der Waals surface area contributed by atoms with Crippen molar-refractivity contribution in [2.24, 2.45) is 16.1 Å². The maximum atomic E-state index is 12.5. The Morgan fingerprint density at radius 3 is 2.62 bits per heavy atom. The summed E-state index contributed by atoms with van der Waals surface area (Å²) in [6.07, 6.45) is 0.561. The lowest BCUT2D eigenvalue weighted by Gasteiger charge is -2.27. The predicted molar refractivity (Wildman–Crippen MR) is 95.2 cm³/mol. The van der Waals surface area contributed by atoms with E-state index in [-0.39, 0.29) is 22.8 Å². The number of rotatable bonds is 8. The van der Waals surface area contributed by atoms with Crippen molar-refractivity contribution in [2.45, 2.75) is 45.4 Å². The summed E-state index contributed by atoms with van der Waals surface area (Å²) in [6.45, 7) is 3.85. The van der Waals surface area contributed by atoms with Crippen LogP contribution in [0.3, 0.4) is 0 Å². The fourth-order valence-electron chi connectivity index (χ4n) is 3.26. The summed E-state index contributed by atoms with van der Waals surface area (Å²) in [7, 11) is 0. The molecule has 0 aromatic heterocycles. The molecule has 0 radical (unpaired) electrons. The van der Waals surface area contributed by atoms with Gasteiger partial charge in [0.05, 0.1) is 5.69 Å². The molecule has 146 valence electrons. The minimum atomic E-state index is -4.77. The van der Waals surface area contributed by atoms with E-state index >= 15 is 0 Å². The quantitative estimate of drug-likeness (QED) is 0.405. The lowest BCUT2D eigenvalue weighted by molar-refractivity contribution is -0.274. The second-order valence-corrected chi connectivity index (χ2v) is 6.52. The highest BCUT2D eigenvalue weighted by Crippen LogP contribution is 2.41. The number of alkyl halides is 3. The normalized spacial score (nSPS) is 17.3. The van der Waals surface area contributed by atoms with Crippen LogP contribution >= 0.6 is 0 Å². The van der Waals surface area contributed by atoms with Crippen molar-refractivity contribution in [3.05, 3.63) is 24.3 Å². The van der Waals surface area contributed by atoms with Gasteiger partial charge in [0.1, 0.15) is 0 Å². The van der Waals surface area contributed by atoms with Crippen LogP contribution in [0.4, 0.5) is 18.9 Å². The Morgan fingerprint density at radius 2 is 1.96 bits per heavy atom. The average molecular weight is 373 g/mol. The van der Waals surface area contributed by atoms with Crippen LogP contribution in [0.2, 0.25) is 0 Å². The number of hydrogen-bond acceptors (Lipinski definition) is 3. The van der Waals surface area contributed by atoms with E-state index in [1.807, 2.05) is 6.92 Å². The largest absolute Gasteiger partial charge is 0.573 e. The molecular formula is C18H26F3N3O2. The Kier molecular flexibility index (Phi) is 7.14. The molecule has 0 amide bonds. The van der Waals surface area contributed by atoms with Gasteiger partial charge >= 0.3 is 6.36 Å². The van der Waals surface area contributed by atoms with Crippen molar-refractivity contribution < 1.29 is 22.6 Å². The maximum Gasteiger partial charge on any atom is 0.573 e. The fraction of sp³-hybridized carbons (Fsp3) is 0.611. The molecule has 2 rings (SSSR count). The first kappa shape index (κ1) is 20.4. The highest BCUT2D eigenvalue weighted by atomic mass is 19.4. The van der Waals surface area contributed by atoms with Crippen LogP contribution in [0.15, 0.2) is 29.3 Å². The Balaban J connectivity index is 2.01. The summed E-state index contributed by atoms with van der Waals surface area (Å²) in [4.78, 5) is 4.38. The highest BCUT2D eigenvalue weighted by molar-refractivity contribution is 5.93. The van der Waals surface area contributed by atoms with Gasteiger partial charge in [0.15, 0.2) is 11.7 Å². The Morgan fingerprint density at radius 1 is 1.27 bits per heavy atom. The lowest BCUT2D eigenvalue weighted by atomic mass is 9.83. The van der Waals surface area contributed by atoms with Crippen LogP contribution in [-0.2, 0) is 4.74 Å². The zero-order valence-electron chi connectivity index (χ0n) is 14.9. The van der Waals surface area contributed by atoms with E-state index in [0.717, 1.165) is 32.1 Å². The Bertz CT molecular complexity index is 600. The third-order valence-corrected chi connectivity index (χ3v) is 4.61. The molecule has 0 aliphatic heterocycles. The number of nitrogens with two attached hydrogens (primary N) is 1. The number of benzene rings is 1. The lowest BCUT2D eigenvalue weighted by Crippen LogP contribution is -2.28. The highest BCUT2D eigenvalue weighted by Gasteiger charge is 2.34. The number of halogens is 3. The standard InChI is InChI=1S/C18H26F3N3O2/c1-2-25-12-11-17(9-5-6-10-17)13-23-16(22)24-14-7-3-4-8-15(14)26-18(19,20)21/h3-4,7-8H,2,5-6,9-13H2,1H3,(H3,22,23,24). The smallest absolute Gasteiger partial charge is 0.404 e. The molecule has 0 spiro atoms. The number of ether oxygens (including phenoxy) is 2. The molecule has 1 aromatic rings. The van der Waals surface area contributed by atoms with Crippen LogP contribution in [0.25, 0.3) is 0 Å².